The van der Waals surface area contributed by atoms with Gasteiger partial charge in [-0.15, -0.1) is 0 Å². The van der Waals surface area contributed by atoms with E-state index in [1.54, 1.807) is 31.3 Å². The molecule has 0 radical (unpaired) electrons. The van der Waals surface area contributed by atoms with E-state index in [2.05, 4.69) is 9.97 Å². The quantitative estimate of drug-likeness (QED) is 0.899. The van der Waals surface area contributed by atoms with Crippen molar-refractivity contribution in [2.45, 2.75) is 37.8 Å². The van der Waals surface area contributed by atoms with Gasteiger partial charge in [0.1, 0.15) is 17.7 Å². The molecule has 6 heteroatoms. The van der Waals surface area contributed by atoms with Crippen LogP contribution in [0.2, 0.25) is 0 Å². The Bertz CT molecular complexity index is 716. The van der Waals surface area contributed by atoms with Crippen molar-refractivity contribution >= 4 is 5.91 Å². The minimum atomic E-state index is -1.12. The molecule has 0 aliphatic carbocycles. The van der Waals surface area contributed by atoms with Crippen LogP contribution in [0.3, 0.4) is 0 Å². The van der Waals surface area contributed by atoms with E-state index < -0.39 is 5.60 Å². The number of aliphatic hydroxyl groups is 1. The van der Waals surface area contributed by atoms with Gasteiger partial charge in [0.2, 0.25) is 5.91 Å². The van der Waals surface area contributed by atoms with Gasteiger partial charge >= 0.3 is 0 Å². The van der Waals surface area contributed by atoms with Crippen LogP contribution in [0.4, 0.5) is 0 Å². The molecule has 0 spiro atoms. The second kappa shape index (κ2) is 7.19. The molecule has 2 atom stereocenters. The highest BCUT2D eigenvalue weighted by Gasteiger charge is 2.42. The van der Waals surface area contributed by atoms with Gasteiger partial charge in [-0.1, -0.05) is 12.1 Å². The maximum absolute atomic E-state index is 12.7. The molecule has 0 unspecified atom stereocenters. The zero-order valence-electron chi connectivity index (χ0n) is 14.6. The lowest BCUT2D eigenvalue weighted by atomic mass is 9.86. The summed E-state index contributed by atoms with van der Waals surface area (Å²) in [5, 5.41) is 11.2. The third-order valence-electron chi connectivity index (χ3n) is 4.87. The highest BCUT2D eigenvalue weighted by molar-refractivity contribution is 5.79. The van der Waals surface area contributed by atoms with Gasteiger partial charge in [0.05, 0.1) is 19.6 Å². The van der Waals surface area contributed by atoms with Crippen LogP contribution in [0.5, 0.6) is 5.75 Å². The first-order valence-electron chi connectivity index (χ1n) is 8.42. The van der Waals surface area contributed by atoms with Gasteiger partial charge in [-0.2, -0.15) is 0 Å². The Morgan fingerprint density at radius 1 is 1.32 bits per heavy atom. The summed E-state index contributed by atoms with van der Waals surface area (Å²) in [6, 6.07) is 7.10. The minimum Gasteiger partial charge on any atom is -0.497 e. The number of methoxy groups -OCH3 is 1. The monoisotopic (exact) mass is 341 g/mol. The third kappa shape index (κ3) is 3.64. The van der Waals surface area contributed by atoms with Crippen LogP contribution in [0.15, 0.2) is 43.0 Å². The van der Waals surface area contributed by atoms with Gasteiger partial charge in [-0.25, -0.2) is 9.97 Å². The van der Waals surface area contributed by atoms with Gasteiger partial charge in [0, 0.05) is 18.9 Å². The summed E-state index contributed by atoms with van der Waals surface area (Å²) in [5.41, 5.74) is 0.439. The molecule has 2 aromatic rings. The predicted molar refractivity (Wildman–Crippen MR) is 93.0 cm³/mol. The summed E-state index contributed by atoms with van der Waals surface area (Å²) in [7, 11) is 1.61. The normalized spacial score (nSPS) is 19.5. The molecule has 1 N–H and O–H groups in total. The van der Waals surface area contributed by atoms with E-state index in [0.717, 1.165) is 29.7 Å². The summed E-state index contributed by atoms with van der Waals surface area (Å²) in [4.78, 5) is 22.4. The van der Waals surface area contributed by atoms with Gasteiger partial charge in [0.25, 0.3) is 0 Å². The van der Waals surface area contributed by atoms with Crippen molar-refractivity contribution in [1.29, 1.82) is 0 Å². The van der Waals surface area contributed by atoms with Crippen LogP contribution in [-0.2, 0) is 16.8 Å². The third-order valence-corrected chi connectivity index (χ3v) is 4.87. The van der Waals surface area contributed by atoms with E-state index in [1.165, 1.54) is 6.33 Å². The number of carbonyl (C=O) groups is 1. The molecule has 132 valence electrons. The minimum absolute atomic E-state index is 0.00825. The largest absolute Gasteiger partial charge is 0.497 e. The van der Waals surface area contributed by atoms with Crippen LogP contribution in [0.1, 0.15) is 30.9 Å². The highest BCUT2D eigenvalue weighted by Crippen LogP contribution is 2.35. The van der Waals surface area contributed by atoms with Gasteiger partial charge < -0.3 is 14.7 Å². The van der Waals surface area contributed by atoms with Gasteiger partial charge in [-0.05, 0) is 43.0 Å². The lowest BCUT2D eigenvalue weighted by Crippen LogP contribution is -2.48. The van der Waals surface area contributed by atoms with Crippen molar-refractivity contribution in [3.8, 4) is 5.75 Å². The molecule has 1 fully saturated rings. The number of rotatable bonds is 5. The molecule has 6 nitrogen and oxygen atoms in total. The topological polar surface area (TPSA) is 75.6 Å². The first-order valence-corrected chi connectivity index (χ1v) is 8.42. The maximum Gasteiger partial charge on any atom is 0.227 e. The highest BCUT2D eigenvalue weighted by atomic mass is 16.5. The molecule has 1 aliphatic heterocycles. The zero-order chi connectivity index (χ0) is 17.9. The average molecular weight is 341 g/mol. The van der Waals surface area contributed by atoms with E-state index >= 15 is 0 Å². The summed E-state index contributed by atoms with van der Waals surface area (Å²) >= 11 is 0. The lowest BCUT2D eigenvalue weighted by Gasteiger charge is -2.37. The smallest absolute Gasteiger partial charge is 0.227 e. The molecule has 1 aliphatic rings. The fourth-order valence-corrected chi connectivity index (χ4v) is 3.47. The van der Waals surface area contributed by atoms with Crippen LogP contribution in [-0.4, -0.2) is 45.6 Å². The summed E-state index contributed by atoms with van der Waals surface area (Å²) < 4.78 is 5.18. The Kier molecular flexibility index (Phi) is 4.99. The molecular weight excluding hydrogens is 318 g/mol. The molecule has 1 amide bonds. The van der Waals surface area contributed by atoms with Crippen molar-refractivity contribution in [3.05, 3.63) is 54.1 Å². The standard InChI is InChI=1S/C19H23N3O3/c1-19(24,15-5-7-16(25-2)8-6-15)17-4-3-9-22(17)18(23)10-14-11-20-13-21-12-14/h5-8,11-13,17,24H,3-4,9-10H2,1-2H3/t17-,19+/m1/s1. The fourth-order valence-electron chi connectivity index (χ4n) is 3.47. The summed E-state index contributed by atoms with van der Waals surface area (Å²) in [6.45, 7) is 2.43. The van der Waals surface area contributed by atoms with Crippen LogP contribution in [0.25, 0.3) is 0 Å². The number of likely N-dealkylation sites (tertiary alicyclic amines) is 1. The van der Waals surface area contributed by atoms with Crippen molar-refractivity contribution < 1.29 is 14.6 Å². The second-order valence-electron chi connectivity index (χ2n) is 6.54. The Hall–Kier alpha value is -2.47. The SMILES string of the molecule is COc1ccc([C@](C)(O)[C@H]2CCCN2C(=O)Cc2cncnc2)cc1. The number of hydrogen-bond acceptors (Lipinski definition) is 5. The molecule has 25 heavy (non-hydrogen) atoms. The Morgan fingerprint density at radius 3 is 2.64 bits per heavy atom. The number of amides is 1. The van der Waals surface area contributed by atoms with Gasteiger partial charge in [0.15, 0.2) is 0 Å². The molecule has 0 bridgehead atoms. The van der Waals surface area contributed by atoms with E-state index in [-0.39, 0.29) is 18.4 Å². The van der Waals surface area contributed by atoms with Crippen molar-refractivity contribution in [2.24, 2.45) is 0 Å². The maximum atomic E-state index is 12.7. The Morgan fingerprint density at radius 2 is 2.00 bits per heavy atom. The molecule has 1 saturated heterocycles. The second-order valence-corrected chi connectivity index (χ2v) is 6.54. The van der Waals surface area contributed by atoms with Crippen LogP contribution >= 0.6 is 0 Å². The Balaban J connectivity index is 1.78. The van der Waals surface area contributed by atoms with Crippen molar-refractivity contribution in [3.63, 3.8) is 0 Å². The number of aromatic nitrogens is 2. The molecule has 2 heterocycles. The van der Waals surface area contributed by atoms with E-state index in [4.69, 9.17) is 4.74 Å². The van der Waals surface area contributed by atoms with Crippen LogP contribution in [0, 0.1) is 0 Å². The number of carbonyl (C=O) groups excluding carboxylic acids is 1. The van der Waals surface area contributed by atoms with E-state index in [1.807, 2.05) is 24.3 Å². The summed E-state index contributed by atoms with van der Waals surface area (Å²) in [5.74, 6) is 0.731. The van der Waals surface area contributed by atoms with E-state index in [9.17, 15) is 9.90 Å². The lowest BCUT2D eigenvalue weighted by molar-refractivity contribution is -0.137. The average Bonchev–Trinajstić information content (AvgIpc) is 3.13. The summed E-state index contributed by atoms with van der Waals surface area (Å²) in [6.07, 6.45) is 6.65. The number of nitrogens with zero attached hydrogens (tertiary/aromatic N) is 3. The molecule has 3 rings (SSSR count). The first kappa shape index (κ1) is 17.4. The van der Waals surface area contributed by atoms with Crippen molar-refractivity contribution in [1.82, 2.24) is 14.9 Å². The Labute approximate surface area is 147 Å². The molecule has 0 saturated carbocycles. The molecule has 1 aromatic heterocycles. The number of benzene rings is 1. The fraction of sp³-hybridized carbons (Fsp3) is 0.421. The zero-order valence-corrected chi connectivity index (χ0v) is 14.6. The first-order chi connectivity index (χ1) is 12.0. The van der Waals surface area contributed by atoms with Crippen LogP contribution < -0.4 is 4.74 Å². The van der Waals surface area contributed by atoms with E-state index in [0.29, 0.717) is 6.54 Å². The van der Waals surface area contributed by atoms with Gasteiger partial charge in [-0.3, -0.25) is 4.79 Å². The number of ether oxygens (including phenoxy) is 1. The number of hydrogen-bond donors (Lipinski definition) is 1. The predicted octanol–water partition coefficient (Wildman–Crippen LogP) is 1.93. The molecular formula is C19H23N3O3. The van der Waals surface area contributed by atoms with Crippen molar-refractivity contribution in [2.75, 3.05) is 13.7 Å². The molecule has 1 aromatic carbocycles.